The molecule has 0 atom stereocenters. The third kappa shape index (κ3) is 2.22. The van der Waals surface area contributed by atoms with Crippen LogP contribution in [0.25, 0.3) is 0 Å². The molecule has 0 aliphatic carbocycles. The van der Waals surface area contributed by atoms with Gasteiger partial charge in [0, 0.05) is 23.6 Å². The number of primary amides is 1. The zero-order chi connectivity index (χ0) is 13.1. The first kappa shape index (κ1) is 11.8. The molecule has 0 fully saturated rings. The van der Waals surface area contributed by atoms with Crippen LogP contribution >= 0.6 is 0 Å². The van der Waals surface area contributed by atoms with Crippen molar-refractivity contribution in [2.75, 3.05) is 5.32 Å². The first-order chi connectivity index (χ1) is 8.59. The topological polar surface area (TPSA) is 90.0 Å². The van der Waals surface area contributed by atoms with Crippen molar-refractivity contribution >= 4 is 17.6 Å². The smallest absolute Gasteiger partial charge is 0.331 e. The lowest BCUT2D eigenvalue weighted by molar-refractivity contribution is 0.0999. The predicted octanol–water partition coefficient (Wildman–Crippen LogP) is 1.37. The van der Waals surface area contributed by atoms with Crippen LogP contribution in [-0.2, 0) is 0 Å². The number of anilines is 1. The standard InChI is InChI=1S/C12H12N4O2/c1-8-9(11(13)17)3-2-4-10(8)15-12(18)16-6-5-14-7-16/h2-7H,1H3,(H2,13,17)(H,15,18). The predicted molar refractivity (Wildman–Crippen MR) is 66.3 cm³/mol. The Labute approximate surface area is 103 Å². The number of nitrogens with two attached hydrogens (primary N) is 1. The van der Waals surface area contributed by atoms with Gasteiger partial charge in [0.15, 0.2) is 0 Å². The molecule has 92 valence electrons. The van der Waals surface area contributed by atoms with Crippen molar-refractivity contribution in [3.05, 3.63) is 48.0 Å². The summed E-state index contributed by atoms with van der Waals surface area (Å²) in [5.74, 6) is -0.522. The van der Waals surface area contributed by atoms with E-state index >= 15 is 0 Å². The molecular weight excluding hydrogens is 232 g/mol. The molecule has 18 heavy (non-hydrogen) atoms. The maximum atomic E-state index is 11.8. The molecule has 0 saturated heterocycles. The number of benzene rings is 1. The summed E-state index contributed by atoms with van der Waals surface area (Å²) in [6, 6.07) is 4.63. The van der Waals surface area contributed by atoms with Gasteiger partial charge in [-0.1, -0.05) is 6.07 Å². The number of aromatic nitrogens is 2. The number of nitrogens with zero attached hydrogens (tertiary/aromatic N) is 2. The van der Waals surface area contributed by atoms with Crippen molar-refractivity contribution < 1.29 is 9.59 Å². The van der Waals surface area contributed by atoms with E-state index in [0.717, 1.165) is 0 Å². The Kier molecular flexibility index (Phi) is 3.09. The molecule has 0 aliphatic heterocycles. The Morgan fingerprint density at radius 3 is 2.78 bits per heavy atom. The van der Waals surface area contributed by atoms with Crippen molar-refractivity contribution in [1.29, 1.82) is 0 Å². The minimum Gasteiger partial charge on any atom is -0.366 e. The number of nitrogens with one attached hydrogen (secondary N) is 1. The number of carbonyl (C=O) groups is 2. The van der Waals surface area contributed by atoms with Crippen molar-refractivity contribution in [3.8, 4) is 0 Å². The summed E-state index contributed by atoms with van der Waals surface area (Å²) in [5, 5.41) is 2.68. The van der Waals surface area contributed by atoms with Crippen LogP contribution in [0.4, 0.5) is 10.5 Å². The highest BCUT2D eigenvalue weighted by Crippen LogP contribution is 2.18. The summed E-state index contributed by atoms with van der Waals surface area (Å²) < 4.78 is 1.30. The maximum Gasteiger partial charge on any atom is 0.331 e. The van der Waals surface area contributed by atoms with E-state index in [1.54, 1.807) is 25.1 Å². The minimum absolute atomic E-state index is 0.350. The van der Waals surface area contributed by atoms with Gasteiger partial charge in [-0.25, -0.2) is 9.78 Å². The summed E-state index contributed by atoms with van der Waals surface area (Å²) in [7, 11) is 0. The molecule has 0 spiro atoms. The Balaban J connectivity index is 2.27. The molecular formula is C12H12N4O2. The Morgan fingerprint density at radius 2 is 2.17 bits per heavy atom. The Hall–Kier alpha value is -2.63. The monoisotopic (exact) mass is 244 g/mol. The highest BCUT2D eigenvalue weighted by molar-refractivity contribution is 5.98. The first-order valence-corrected chi connectivity index (χ1v) is 5.28. The van der Waals surface area contributed by atoms with Crippen LogP contribution in [0.1, 0.15) is 15.9 Å². The normalized spacial score (nSPS) is 10.1. The molecule has 2 aromatic rings. The van der Waals surface area contributed by atoms with E-state index in [1.807, 2.05) is 0 Å². The van der Waals surface area contributed by atoms with Gasteiger partial charge in [0.1, 0.15) is 6.33 Å². The SMILES string of the molecule is Cc1c(NC(=O)n2ccnc2)cccc1C(N)=O. The van der Waals surface area contributed by atoms with Gasteiger partial charge >= 0.3 is 6.03 Å². The Morgan fingerprint density at radius 1 is 1.39 bits per heavy atom. The first-order valence-electron chi connectivity index (χ1n) is 5.28. The fraction of sp³-hybridized carbons (Fsp3) is 0.0833. The van der Waals surface area contributed by atoms with Gasteiger partial charge in [0.25, 0.3) is 0 Å². The van der Waals surface area contributed by atoms with Crippen LogP contribution in [0.3, 0.4) is 0 Å². The quantitative estimate of drug-likeness (QED) is 0.835. The van der Waals surface area contributed by atoms with Gasteiger partial charge < -0.3 is 11.1 Å². The van der Waals surface area contributed by atoms with E-state index in [9.17, 15) is 9.59 Å². The average Bonchev–Trinajstić information content (AvgIpc) is 2.85. The molecule has 1 aromatic carbocycles. The third-order valence-corrected chi connectivity index (χ3v) is 2.58. The van der Waals surface area contributed by atoms with Crippen molar-refractivity contribution in [3.63, 3.8) is 0 Å². The second-order valence-corrected chi connectivity index (χ2v) is 3.74. The fourth-order valence-electron chi connectivity index (χ4n) is 1.60. The van der Waals surface area contributed by atoms with E-state index in [4.69, 9.17) is 5.73 Å². The minimum atomic E-state index is -0.522. The van der Waals surface area contributed by atoms with E-state index in [2.05, 4.69) is 10.3 Å². The number of hydrogen-bond acceptors (Lipinski definition) is 3. The number of amides is 2. The fourth-order valence-corrected chi connectivity index (χ4v) is 1.60. The molecule has 0 bridgehead atoms. The van der Waals surface area contributed by atoms with E-state index < -0.39 is 5.91 Å². The van der Waals surface area contributed by atoms with Gasteiger partial charge in [0.05, 0.1) is 0 Å². The molecule has 2 amide bonds. The van der Waals surface area contributed by atoms with Crippen LogP contribution in [0, 0.1) is 6.92 Å². The van der Waals surface area contributed by atoms with Gasteiger partial charge in [0.2, 0.25) is 5.91 Å². The number of imidazole rings is 1. The molecule has 0 radical (unpaired) electrons. The summed E-state index contributed by atoms with van der Waals surface area (Å²) in [4.78, 5) is 26.8. The third-order valence-electron chi connectivity index (χ3n) is 2.58. The average molecular weight is 244 g/mol. The second kappa shape index (κ2) is 4.70. The second-order valence-electron chi connectivity index (χ2n) is 3.74. The zero-order valence-corrected chi connectivity index (χ0v) is 9.75. The highest BCUT2D eigenvalue weighted by atomic mass is 16.2. The lowest BCUT2D eigenvalue weighted by Crippen LogP contribution is -2.20. The van der Waals surface area contributed by atoms with Crippen molar-refractivity contribution in [2.24, 2.45) is 5.73 Å². The van der Waals surface area contributed by atoms with Gasteiger partial charge in [-0.05, 0) is 24.6 Å². The molecule has 6 heteroatoms. The molecule has 0 aliphatic rings. The summed E-state index contributed by atoms with van der Waals surface area (Å²) in [5.41, 5.74) is 6.81. The van der Waals surface area contributed by atoms with Crippen LogP contribution in [0.2, 0.25) is 0 Å². The summed E-state index contributed by atoms with van der Waals surface area (Å²) >= 11 is 0. The number of hydrogen-bond donors (Lipinski definition) is 2. The number of rotatable bonds is 2. The molecule has 6 nitrogen and oxygen atoms in total. The highest BCUT2D eigenvalue weighted by Gasteiger charge is 2.11. The zero-order valence-electron chi connectivity index (χ0n) is 9.75. The number of carbonyl (C=O) groups excluding carboxylic acids is 2. The molecule has 1 heterocycles. The van der Waals surface area contributed by atoms with Crippen LogP contribution in [-0.4, -0.2) is 21.5 Å². The van der Waals surface area contributed by atoms with Gasteiger partial charge in [-0.15, -0.1) is 0 Å². The molecule has 3 N–H and O–H groups in total. The largest absolute Gasteiger partial charge is 0.366 e. The van der Waals surface area contributed by atoms with E-state index in [-0.39, 0.29) is 6.03 Å². The van der Waals surface area contributed by atoms with Crippen LogP contribution < -0.4 is 11.1 Å². The Bertz CT molecular complexity index is 590. The molecule has 0 saturated carbocycles. The summed E-state index contributed by atoms with van der Waals surface area (Å²) in [6.45, 7) is 1.73. The summed E-state index contributed by atoms with van der Waals surface area (Å²) in [6.07, 6.45) is 4.43. The molecule has 1 aromatic heterocycles. The van der Waals surface area contributed by atoms with Gasteiger partial charge in [-0.3, -0.25) is 9.36 Å². The van der Waals surface area contributed by atoms with E-state index in [0.29, 0.717) is 16.8 Å². The molecule has 0 unspecified atom stereocenters. The van der Waals surface area contributed by atoms with Gasteiger partial charge in [-0.2, -0.15) is 0 Å². The lowest BCUT2D eigenvalue weighted by Gasteiger charge is -2.10. The maximum absolute atomic E-state index is 11.8. The van der Waals surface area contributed by atoms with E-state index in [1.165, 1.54) is 23.3 Å². The lowest BCUT2D eigenvalue weighted by atomic mass is 10.1. The van der Waals surface area contributed by atoms with Crippen LogP contribution in [0.15, 0.2) is 36.9 Å². The van der Waals surface area contributed by atoms with Crippen molar-refractivity contribution in [1.82, 2.24) is 9.55 Å². The van der Waals surface area contributed by atoms with Crippen molar-refractivity contribution in [2.45, 2.75) is 6.92 Å². The van der Waals surface area contributed by atoms with Crippen LogP contribution in [0.5, 0.6) is 0 Å². The molecule has 2 rings (SSSR count).